The normalized spacial score (nSPS) is 10.8. The summed E-state index contributed by atoms with van der Waals surface area (Å²) in [5, 5.41) is 12.7. The number of fused-ring (bicyclic) bond motifs is 1. The maximum atomic E-state index is 12.2. The predicted octanol–water partition coefficient (Wildman–Crippen LogP) is 3.83. The summed E-state index contributed by atoms with van der Waals surface area (Å²) in [6.07, 6.45) is 3.87. The molecule has 0 aliphatic carbocycles. The molecule has 0 saturated heterocycles. The van der Waals surface area contributed by atoms with Gasteiger partial charge in [0.15, 0.2) is 0 Å². The topological polar surface area (TPSA) is 57.8 Å². The number of anilines is 1. The van der Waals surface area contributed by atoms with Crippen LogP contribution < -0.4 is 5.32 Å². The first-order valence-corrected chi connectivity index (χ1v) is 7.46. The van der Waals surface area contributed by atoms with Gasteiger partial charge in [0.25, 0.3) is 5.91 Å². The van der Waals surface area contributed by atoms with Gasteiger partial charge in [0.05, 0.1) is 17.3 Å². The molecular formula is C15H15N3OS. The minimum Gasteiger partial charge on any atom is -0.322 e. The molecule has 0 atom stereocenters. The van der Waals surface area contributed by atoms with E-state index in [4.69, 9.17) is 0 Å². The van der Waals surface area contributed by atoms with Crippen molar-refractivity contribution in [3.8, 4) is 0 Å². The third-order valence-corrected chi connectivity index (χ3v) is 4.11. The van der Waals surface area contributed by atoms with E-state index in [9.17, 15) is 4.79 Å². The quantitative estimate of drug-likeness (QED) is 0.765. The maximum absolute atomic E-state index is 12.2. The summed E-state index contributed by atoms with van der Waals surface area (Å²) in [5.41, 5.74) is 2.47. The Labute approximate surface area is 120 Å². The monoisotopic (exact) mass is 285 g/mol. The second kappa shape index (κ2) is 5.46. The number of thiophene rings is 1. The van der Waals surface area contributed by atoms with Gasteiger partial charge in [-0.15, -0.1) is 11.3 Å². The molecule has 102 valence electrons. The van der Waals surface area contributed by atoms with E-state index in [0.29, 0.717) is 0 Å². The van der Waals surface area contributed by atoms with Gasteiger partial charge < -0.3 is 5.32 Å². The van der Waals surface area contributed by atoms with Crippen LogP contribution in [0.5, 0.6) is 0 Å². The molecule has 3 aromatic rings. The van der Waals surface area contributed by atoms with Crippen molar-refractivity contribution in [3.63, 3.8) is 0 Å². The number of aromatic amines is 1. The highest BCUT2D eigenvalue weighted by molar-refractivity contribution is 7.10. The van der Waals surface area contributed by atoms with Gasteiger partial charge in [-0.3, -0.25) is 9.89 Å². The zero-order chi connectivity index (χ0) is 13.9. The number of nitrogens with zero attached hydrogens (tertiary/aromatic N) is 1. The average molecular weight is 285 g/mol. The van der Waals surface area contributed by atoms with E-state index in [1.807, 2.05) is 29.6 Å². The molecule has 2 aromatic heterocycles. The summed E-state index contributed by atoms with van der Waals surface area (Å²) in [4.78, 5) is 13.4. The van der Waals surface area contributed by atoms with Crippen LogP contribution in [0.3, 0.4) is 0 Å². The Kier molecular flexibility index (Phi) is 3.52. The lowest BCUT2D eigenvalue weighted by Gasteiger charge is -2.03. The highest BCUT2D eigenvalue weighted by atomic mass is 32.1. The van der Waals surface area contributed by atoms with Gasteiger partial charge in [-0.05, 0) is 30.7 Å². The Morgan fingerprint density at radius 3 is 3.15 bits per heavy atom. The number of carbonyl (C=O) groups excluding carboxylic acids is 1. The Bertz CT molecular complexity index is 744. The second-order valence-corrected chi connectivity index (χ2v) is 5.67. The van der Waals surface area contributed by atoms with Crippen molar-refractivity contribution in [3.05, 3.63) is 46.3 Å². The number of amides is 1. The molecule has 0 bridgehead atoms. The molecule has 4 nitrogen and oxygen atoms in total. The van der Waals surface area contributed by atoms with E-state index in [1.165, 1.54) is 4.88 Å². The third kappa shape index (κ3) is 2.58. The van der Waals surface area contributed by atoms with Crippen molar-refractivity contribution in [2.75, 3.05) is 5.32 Å². The third-order valence-electron chi connectivity index (χ3n) is 3.11. The number of nitrogens with one attached hydrogen (secondary N) is 2. The summed E-state index contributed by atoms with van der Waals surface area (Å²) in [5.74, 6) is -0.0635. The first-order valence-electron chi connectivity index (χ1n) is 6.58. The molecule has 0 fully saturated rings. The standard InChI is InChI=1S/C15H15N3OS/c1-2-3-13-7-11(9-20-13)15(19)17-12-4-5-14-10(6-12)8-16-18-14/h4-9H,2-3H2,1H3,(H,16,18)(H,17,19). The average Bonchev–Trinajstić information content (AvgIpc) is 3.07. The van der Waals surface area contributed by atoms with Crippen LogP contribution in [0.4, 0.5) is 5.69 Å². The summed E-state index contributed by atoms with van der Waals surface area (Å²) < 4.78 is 0. The molecule has 1 aromatic carbocycles. The highest BCUT2D eigenvalue weighted by Gasteiger charge is 2.09. The minimum absolute atomic E-state index is 0.0635. The second-order valence-electron chi connectivity index (χ2n) is 4.68. The highest BCUT2D eigenvalue weighted by Crippen LogP contribution is 2.20. The van der Waals surface area contributed by atoms with Gasteiger partial charge in [-0.1, -0.05) is 13.3 Å². The Morgan fingerprint density at radius 2 is 2.30 bits per heavy atom. The Morgan fingerprint density at radius 1 is 1.40 bits per heavy atom. The van der Waals surface area contributed by atoms with Gasteiger partial charge >= 0.3 is 0 Å². The number of hydrogen-bond acceptors (Lipinski definition) is 3. The van der Waals surface area contributed by atoms with E-state index < -0.39 is 0 Å². The number of aryl methyl sites for hydroxylation is 1. The van der Waals surface area contributed by atoms with Crippen LogP contribution in [-0.4, -0.2) is 16.1 Å². The zero-order valence-corrected chi connectivity index (χ0v) is 12.0. The van der Waals surface area contributed by atoms with Crippen LogP contribution >= 0.6 is 11.3 Å². The molecule has 1 amide bonds. The summed E-state index contributed by atoms with van der Waals surface area (Å²) in [6, 6.07) is 7.67. The number of hydrogen-bond donors (Lipinski definition) is 2. The van der Waals surface area contributed by atoms with Gasteiger partial charge in [0.2, 0.25) is 0 Å². The van der Waals surface area contributed by atoms with Crippen molar-refractivity contribution < 1.29 is 4.79 Å². The van der Waals surface area contributed by atoms with Crippen LogP contribution in [0.1, 0.15) is 28.6 Å². The molecule has 0 radical (unpaired) electrons. The van der Waals surface area contributed by atoms with Crippen molar-refractivity contribution in [2.45, 2.75) is 19.8 Å². The molecule has 0 unspecified atom stereocenters. The van der Waals surface area contributed by atoms with Crippen LogP contribution in [0.25, 0.3) is 10.9 Å². The van der Waals surface area contributed by atoms with Crippen LogP contribution in [0.15, 0.2) is 35.8 Å². The Balaban J connectivity index is 1.76. The number of H-pyrrole nitrogens is 1. The molecule has 2 N–H and O–H groups in total. The number of carbonyl (C=O) groups is 1. The van der Waals surface area contributed by atoms with Gasteiger partial charge in [0.1, 0.15) is 0 Å². The van der Waals surface area contributed by atoms with Crippen molar-refractivity contribution in [2.24, 2.45) is 0 Å². The molecule has 3 rings (SSSR count). The predicted molar refractivity (Wildman–Crippen MR) is 82.4 cm³/mol. The summed E-state index contributed by atoms with van der Waals surface area (Å²) in [6.45, 7) is 2.14. The number of aromatic nitrogens is 2. The lowest BCUT2D eigenvalue weighted by atomic mass is 10.2. The fourth-order valence-corrected chi connectivity index (χ4v) is 3.07. The first-order chi connectivity index (χ1) is 9.76. The summed E-state index contributed by atoms with van der Waals surface area (Å²) >= 11 is 1.64. The largest absolute Gasteiger partial charge is 0.322 e. The minimum atomic E-state index is -0.0635. The van der Waals surface area contributed by atoms with E-state index in [0.717, 1.165) is 35.0 Å². The van der Waals surface area contributed by atoms with Gasteiger partial charge in [-0.25, -0.2) is 0 Å². The van der Waals surface area contributed by atoms with Crippen molar-refractivity contribution in [1.82, 2.24) is 10.2 Å². The SMILES string of the molecule is CCCc1cc(C(=O)Nc2ccc3[nH]ncc3c2)cs1. The van der Waals surface area contributed by atoms with E-state index in [-0.39, 0.29) is 5.91 Å². The van der Waals surface area contributed by atoms with E-state index in [1.54, 1.807) is 17.5 Å². The molecular weight excluding hydrogens is 270 g/mol. The van der Waals surface area contributed by atoms with Crippen LogP contribution in [-0.2, 0) is 6.42 Å². The van der Waals surface area contributed by atoms with Crippen LogP contribution in [0, 0.1) is 0 Å². The van der Waals surface area contributed by atoms with E-state index >= 15 is 0 Å². The molecule has 0 aliphatic rings. The maximum Gasteiger partial charge on any atom is 0.256 e. The first kappa shape index (κ1) is 12.9. The lowest BCUT2D eigenvalue weighted by molar-refractivity contribution is 0.102. The smallest absolute Gasteiger partial charge is 0.256 e. The van der Waals surface area contributed by atoms with Crippen molar-refractivity contribution >= 4 is 33.8 Å². The number of benzene rings is 1. The molecule has 0 spiro atoms. The molecule has 0 saturated carbocycles. The van der Waals surface area contributed by atoms with Crippen LogP contribution in [0.2, 0.25) is 0 Å². The fourth-order valence-electron chi connectivity index (χ4n) is 2.10. The molecule has 2 heterocycles. The van der Waals surface area contributed by atoms with Gasteiger partial charge in [0, 0.05) is 21.3 Å². The summed E-state index contributed by atoms with van der Waals surface area (Å²) in [7, 11) is 0. The zero-order valence-electron chi connectivity index (χ0n) is 11.1. The fraction of sp³-hybridized carbons (Fsp3) is 0.200. The Hall–Kier alpha value is -2.14. The van der Waals surface area contributed by atoms with Gasteiger partial charge in [-0.2, -0.15) is 5.10 Å². The molecule has 5 heteroatoms. The van der Waals surface area contributed by atoms with Crippen molar-refractivity contribution in [1.29, 1.82) is 0 Å². The number of rotatable bonds is 4. The molecule has 20 heavy (non-hydrogen) atoms. The van der Waals surface area contributed by atoms with E-state index in [2.05, 4.69) is 22.4 Å². The molecule has 0 aliphatic heterocycles. The lowest BCUT2D eigenvalue weighted by Crippen LogP contribution is -2.10.